The Hall–Kier alpha value is -4.14. The van der Waals surface area contributed by atoms with E-state index in [0.29, 0.717) is 17.2 Å². The summed E-state index contributed by atoms with van der Waals surface area (Å²) in [6, 6.07) is 21.6. The zero-order chi connectivity index (χ0) is 40.7. The molecule has 55 heavy (non-hydrogen) atoms. The molecule has 6 rings (SSSR count). The van der Waals surface area contributed by atoms with Crippen molar-refractivity contribution in [3.05, 3.63) is 100 Å². The van der Waals surface area contributed by atoms with Crippen LogP contribution in [0.1, 0.15) is 45.5 Å². The lowest BCUT2D eigenvalue weighted by Crippen LogP contribution is -2.58. The molecule has 0 saturated heterocycles. The average Bonchev–Trinajstić information content (AvgIpc) is 3.10. The van der Waals surface area contributed by atoms with Crippen LogP contribution in [0.15, 0.2) is 66.7 Å². The number of ether oxygens (including phenoxy) is 4. The van der Waals surface area contributed by atoms with Crippen molar-refractivity contribution in [1.29, 1.82) is 0 Å². The molecule has 16 nitrogen and oxygen atoms in total. The zero-order valence-corrected chi connectivity index (χ0v) is 32.3. The van der Waals surface area contributed by atoms with Gasteiger partial charge in [0.25, 0.3) is 0 Å². The third kappa shape index (κ3) is 12.7. The summed E-state index contributed by atoms with van der Waals surface area (Å²) in [6.45, 7) is 1.86. The largest absolute Gasteiger partial charge is 0.508 e. The molecule has 18 heteroatoms. The van der Waals surface area contributed by atoms with Gasteiger partial charge in [-0.15, -0.1) is 0 Å². The van der Waals surface area contributed by atoms with Crippen LogP contribution in [-0.4, -0.2) is 77.8 Å². The smallest absolute Gasteiger partial charge is 0.169 e. The highest BCUT2D eigenvalue weighted by Gasteiger charge is 2.29. The van der Waals surface area contributed by atoms with Gasteiger partial charge in [-0.3, -0.25) is 9.80 Å². The number of nitrogens with zero attached hydrogens (tertiary/aromatic N) is 2. The van der Waals surface area contributed by atoms with Crippen molar-refractivity contribution < 1.29 is 86.9 Å². The first kappa shape index (κ1) is 43.6. The van der Waals surface area contributed by atoms with Gasteiger partial charge in [0.05, 0.1) is 51.1 Å². The number of aromatic hydroxyl groups is 2. The Labute approximate surface area is 322 Å². The SMILES string of the molecule is COc1cc2c(cc1OC)C(Cc1ccc(O)c(Oc3cc4c(cc3OC)CCN(C)C4Cc3ccc(O)cc3)c1)N(C)CC2.[O-][Cl+3]([O-])([O-])O.[O-][Cl+3]([O-])([O-])O. The predicted octanol–water partition coefficient (Wildman–Crippen LogP) is -1.79. The number of hydrogen-bond acceptors (Lipinski definition) is 16. The topological polar surface area (TPSA) is 263 Å². The highest BCUT2D eigenvalue weighted by atomic mass is 35.7. The molecule has 0 saturated carbocycles. The van der Waals surface area contributed by atoms with Gasteiger partial charge < -0.3 is 29.2 Å². The van der Waals surface area contributed by atoms with Gasteiger partial charge in [0, 0.05) is 25.2 Å². The number of methoxy groups -OCH3 is 3. The Morgan fingerprint density at radius 1 is 0.582 bits per heavy atom. The maximum absolute atomic E-state index is 10.9. The Morgan fingerprint density at radius 3 is 1.45 bits per heavy atom. The summed E-state index contributed by atoms with van der Waals surface area (Å²) in [6.07, 6.45) is 3.37. The molecule has 4 aromatic carbocycles. The van der Waals surface area contributed by atoms with Gasteiger partial charge in [0.15, 0.2) is 34.5 Å². The minimum atomic E-state index is -4.69. The normalized spacial score (nSPS) is 17.0. The molecule has 2 aliphatic heterocycles. The summed E-state index contributed by atoms with van der Waals surface area (Å²) >= 11 is 0. The molecular weight excluding hydrogens is 767 g/mol. The van der Waals surface area contributed by atoms with Crippen LogP contribution in [-0.2, 0) is 25.7 Å². The predicted molar refractivity (Wildman–Crippen MR) is 179 cm³/mol. The van der Waals surface area contributed by atoms with Gasteiger partial charge in [-0.1, -0.05) is 18.2 Å². The first-order chi connectivity index (χ1) is 25.8. The summed E-state index contributed by atoms with van der Waals surface area (Å²) in [5.41, 5.74) is 7.07. The van der Waals surface area contributed by atoms with Crippen LogP contribution in [0.3, 0.4) is 0 Å². The van der Waals surface area contributed by atoms with Crippen LogP contribution in [0, 0.1) is 20.5 Å². The van der Waals surface area contributed by atoms with Crippen LogP contribution in [0.25, 0.3) is 0 Å². The van der Waals surface area contributed by atoms with E-state index in [0.717, 1.165) is 61.4 Å². The Kier molecular flexibility index (Phi) is 14.8. The summed E-state index contributed by atoms with van der Waals surface area (Å²) in [7, 11) is -0.127. The second kappa shape index (κ2) is 18.7. The van der Waals surface area contributed by atoms with E-state index in [9.17, 15) is 10.2 Å². The molecule has 2 aliphatic rings. The van der Waals surface area contributed by atoms with Crippen LogP contribution < -0.4 is 46.9 Å². The van der Waals surface area contributed by atoms with Crippen molar-refractivity contribution in [2.75, 3.05) is 48.5 Å². The standard InChI is InChI=1S/C37H42N2O6.2ClHO4/c1-38-14-13-26-20-35(43-4)37(22-29(26)30(38)16-23-6-9-27(40)10-7-23)45-33-18-24(8-11-32(33)41)17-31-28-21-36(44-5)34(42-3)19-25(28)12-15-39(31)2;2*2-1(3,4)5/h6-11,18-22,30-31,40-41H,12-17H2,1-5H3;2*(H,2,3,4,5). The molecule has 2 atom stereocenters. The van der Waals surface area contributed by atoms with Crippen molar-refractivity contribution in [2.45, 2.75) is 37.8 Å². The van der Waals surface area contributed by atoms with E-state index < -0.39 is 20.5 Å². The van der Waals surface area contributed by atoms with Gasteiger partial charge in [0.2, 0.25) is 0 Å². The quantitative estimate of drug-likeness (QED) is 0.146. The van der Waals surface area contributed by atoms with Crippen molar-refractivity contribution in [1.82, 2.24) is 9.80 Å². The minimum Gasteiger partial charge on any atom is -0.508 e. The van der Waals surface area contributed by atoms with Gasteiger partial charge in [0.1, 0.15) is 5.75 Å². The lowest BCUT2D eigenvalue weighted by atomic mass is 9.88. The van der Waals surface area contributed by atoms with Crippen LogP contribution >= 0.6 is 0 Å². The maximum Gasteiger partial charge on any atom is 0.169 e. The molecular formula is C37H44Cl2N2O14. The van der Waals surface area contributed by atoms with Gasteiger partial charge in [-0.05, 0) is 122 Å². The number of fused-ring (bicyclic) bond motifs is 2. The first-order valence-electron chi connectivity index (χ1n) is 16.7. The lowest BCUT2D eigenvalue weighted by molar-refractivity contribution is -1.92. The van der Waals surface area contributed by atoms with E-state index in [1.165, 1.54) is 22.3 Å². The number of phenols is 2. The van der Waals surface area contributed by atoms with Crippen LogP contribution in [0.5, 0.6) is 40.2 Å². The van der Waals surface area contributed by atoms with E-state index in [2.05, 4.69) is 48.2 Å². The van der Waals surface area contributed by atoms with Crippen molar-refractivity contribution >= 4 is 0 Å². The number of halogens is 2. The Balaban J connectivity index is 0.000000599. The average molecular weight is 812 g/mol. The molecule has 0 bridgehead atoms. The number of rotatable bonds is 9. The molecule has 2 heterocycles. The van der Waals surface area contributed by atoms with E-state index in [4.69, 9.17) is 56.2 Å². The summed E-state index contributed by atoms with van der Waals surface area (Å²) in [5.74, 6) is 3.38. The van der Waals surface area contributed by atoms with Gasteiger partial charge >= 0.3 is 0 Å². The third-order valence-corrected chi connectivity index (χ3v) is 9.36. The molecule has 4 aromatic rings. The number of hydrogen-bond donors (Lipinski definition) is 4. The monoisotopic (exact) mass is 810 g/mol. The molecule has 0 spiro atoms. The fourth-order valence-corrected chi connectivity index (χ4v) is 6.72. The summed E-state index contributed by atoms with van der Waals surface area (Å²) < 4.78 is 88.9. The Bertz CT molecular complexity index is 1860. The van der Waals surface area contributed by atoms with Gasteiger partial charge in [-0.2, -0.15) is 28.0 Å². The van der Waals surface area contributed by atoms with E-state index in [-0.39, 0.29) is 23.6 Å². The van der Waals surface area contributed by atoms with Gasteiger partial charge in [-0.25, -0.2) is 0 Å². The minimum absolute atomic E-state index is 0.0695. The third-order valence-electron chi connectivity index (χ3n) is 9.36. The Morgan fingerprint density at radius 2 is 0.982 bits per heavy atom. The maximum atomic E-state index is 10.9. The molecule has 0 radical (unpaired) electrons. The molecule has 0 amide bonds. The fourth-order valence-electron chi connectivity index (χ4n) is 6.72. The van der Waals surface area contributed by atoms with E-state index in [1.54, 1.807) is 39.5 Å². The fraction of sp³-hybridized carbons (Fsp3) is 0.351. The molecule has 300 valence electrons. The van der Waals surface area contributed by atoms with Crippen molar-refractivity contribution in [3.63, 3.8) is 0 Å². The molecule has 0 aromatic heterocycles. The molecule has 0 aliphatic carbocycles. The van der Waals surface area contributed by atoms with E-state index >= 15 is 0 Å². The lowest BCUT2D eigenvalue weighted by Gasteiger charge is -2.35. The zero-order valence-electron chi connectivity index (χ0n) is 30.8. The van der Waals surface area contributed by atoms with Crippen LogP contribution in [0.4, 0.5) is 0 Å². The molecule has 4 N–H and O–H groups in total. The van der Waals surface area contributed by atoms with E-state index in [1.807, 2.05) is 24.3 Å². The van der Waals surface area contributed by atoms with Crippen molar-refractivity contribution in [3.8, 4) is 40.2 Å². The van der Waals surface area contributed by atoms with Crippen molar-refractivity contribution in [2.24, 2.45) is 0 Å². The first-order valence-corrected chi connectivity index (χ1v) is 19.2. The second-order valence-corrected chi connectivity index (χ2v) is 14.5. The summed E-state index contributed by atoms with van der Waals surface area (Å²) in [5, 5.41) is 20.7. The highest BCUT2D eigenvalue weighted by Crippen LogP contribution is 2.44. The molecule has 0 fully saturated rings. The number of benzene rings is 4. The summed E-state index contributed by atoms with van der Waals surface area (Å²) in [4.78, 5) is 4.71. The second-order valence-electron chi connectivity index (χ2n) is 12.9. The number of phenolic OH excluding ortho intramolecular Hbond substituents is 2. The number of likely N-dealkylation sites (N-methyl/N-ethyl adjacent to an activating group) is 2. The highest BCUT2D eigenvalue weighted by molar-refractivity contribution is 5.54. The molecule has 2 unspecified atom stereocenters. The van der Waals surface area contributed by atoms with Crippen LogP contribution in [0.2, 0.25) is 0 Å².